The van der Waals surface area contributed by atoms with Gasteiger partial charge in [-0.1, -0.05) is 23.2 Å². The summed E-state index contributed by atoms with van der Waals surface area (Å²) in [6, 6.07) is 5.85. The van der Waals surface area contributed by atoms with Gasteiger partial charge in [-0.2, -0.15) is 0 Å². The molecule has 0 N–H and O–H groups in total. The zero-order valence-electron chi connectivity index (χ0n) is 7.21. The molecule has 0 aliphatic carbocycles. The maximum atomic E-state index is 10.3. The monoisotopic (exact) mass is 214 g/mol. The summed E-state index contributed by atoms with van der Waals surface area (Å²) in [6.45, 7) is 0. The molecule has 1 unspecified atom stereocenters. The topological polar surface area (TPSA) is 83.3 Å². The average molecular weight is 214 g/mol. The Morgan fingerprint density at radius 1 is 1.29 bits per heavy atom. The molecule has 0 amide bonds. The van der Waals surface area contributed by atoms with Crippen LogP contribution in [0.1, 0.15) is 5.56 Å². The van der Waals surface area contributed by atoms with Crippen LogP contribution in [0, 0.1) is 10.1 Å². The molecule has 0 aliphatic rings. The summed E-state index contributed by atoms with van der Waals surface area (Å²) in [7, 11) is 0. The zero-order valence-corrected chi connectivity index (χ0v) is 8.03. The van der Waals surface area contributed by atoms with E-state index in [9.17, 15) is 18.9 Å². The van der Waals surface area contributed by atoms with Gasteiger partial charge in [-0.25, -0.2) is 0 Å². The molecule has 1 atom stereocenters. The molecule has 0 heterocycles. The van der Waals surface area contributed by atoms with Crippen LogP contribution in [-0.4, -0.2) is 19.4 Å². The van der Waals surface area contributed by atoms with Crippen molar-refractivity contribution in [3.05, 3.63) is 39.9 Å². The van der Waals surface area contributed by atoms with Crippen LogP contribution in [-0.2, 0) is 17.5 Å². The number of hydrogen-bond donors (Lipinski definition) is 0. The minimum absolute atomic E-state index is 0.0111. The average Bonchev–Trinajstić information content (AvgIpc) is 2.15. The Morgan fingerprint density at radius 3 is 2.29 bits per heavy atom. The molecule has 1 aromatic rings. The van der Waals surface area contributed by atoms with Crippen molar-refractivity contribution in [3.63, 3.8) is 0 Å². The predicted octanol–water partition coefficient (Wildman–Crippen LogP) is 1.02. The van der Waals surface area contributed by atoms with Gasteiger partial charge in [-0.05, 0) is 12.0 Å². The van der Waals surface area contributed by atoms with Gasteiger partial charge < -0.3 is 4.55 Å². The number of nitro benzene ring substituents is 1. The highest BCUT2D eigenvalue weighted by Gasteiger charge is 2.03. The molecule has 0 saturated heterocycles. The predicted molar refractivity (Wildman–Crippen MR) is 50.6 cm³/mol. The molecule has 0 fully saturated rings. The molecule has 0 aromatic heterocycles. The second kappa shape index (κ2) is 4.83. The lowest BCUT2D eigenvalue weighted by molar-refractivity contribution is -0.384. The first-order chi connectivity index (χ1) is 6.59. The lowest BCUT2D eigenvalue weighted by Gasteiger charge is -2.03. The van der Waals surface area contributed by atoms with Crippen LogP contribution in [0.4, 0.5) is 5.69 Å². The maximum Gasteiger partial charge on any atom is 0.269 e. The van der Waals surface area contributed by atoms with Gasteiger partial charge in [0.05, 0.1) is 4.92 Å². The minimum Gasteiger partial charge on any atom is -0.772 e. The van der Waals surface area contributed by atoms with Crippen molar-refractivity contribution in [2.45, 2.75) is 6.42 Å². The number of hydrogen-bond acceptors (Lipinski definition) is 4. The number of rotatable bonds is 4. The number of nitro groups is 1. The van der Waals surface area contributed by atoms with Gasteiger partial charge in [0.15, 0.2) is 0 Å². The highest BCUT2D eigenvalue weighted by molar-refractivity contribution is 7.79. The van der Waals surface area contributed by atoms with Crippen molar-refractivity contribution in [3.8, 4) is 0 Å². The Labute approximate surface area is 83.2 Å². The first-order valence-electron chi connectivity index (χ1n) is 3.89. The summed E-state index contributed by atoms with van der Waals surface area (Å²) >= 11 is -2.06. The number of benzene rings is 1. The molecule has 0 radical (unpaired) electrons. The Morgan fingerprint density at radius 2 is 1.86 bits per heavy atom. The van der Waals surface area contributed by atoms with E-state index in [1.54, 1.807) is 12.1 Å². The summed E-state index contributed by atoms with van der Waals surface area (Å²) < 4.78 is 20.5. The fourth-order valence-electron chi connectivity index (χ4n) is 0.986. The van der Waals surface area contributed by atoms with Gasteiger partial charge in [0.25, 0.3) is 5.69 Å². The second-order valence-corrected chi connectivity index (χ2v) is 3.70. The molecule has 0 saturated carbocycles. The molecule has 1 rings (SSSR count). The summed E-state index contributed by atoms with van der Waals surface area (Å²) in [6.07, 6.45) is 0.383. The number of non-ortho nitro benzene ring substituents is 1. The molecule has 0 spiro atoms. The van der Waals surface area contributed by atoms with Crippen molar-refractivity contribution in [1.29, 1.82) is 0 Å². The van der Waals surface area contributed by atoms with Crippen molar-refractivity contribution >= 4 is 16.8 Å². The molecule has 76 valence electrons. The van der Waals surface area contributed by atoms with Gasteiger partial charge in [0, 0.05) is 17.9 Å². The summed E-state index contributed by atoms with van der Waals surface area (Å²) in [5.41, 5.74) is 0.789. The molecular weight excluding hydrogens is 206 g/mol. The quantitative estimate of drug-likeness (QED) is 0.425. The molecular formula is C8H8NO4S-. The highest BCUT2D eigenvalue weighted by atomic mass is 32.2. The normalized spacial score (nSPS) is 12.4. The van der Waals surface area contributed by atoms with Crippen molar-refractivity contribution < 1.29 is 13.7 Å². The first-order valence-corrected chi connectivity index (χ1v) is 5.13. The third kappa shape index (κ3) is 3.23. The Hall–Kier alpha value is -1.27. The first kappa shape index (κ1) is 10.8. The second-order valence-electron chi connectivity index (χ2n) is 2.68. The largest absolute Gasteiger partial charge is 0.772 e. The van der Waals surface area contributed by atoms with E-state index in [0.29, 0.717) is 6.42 Å². The van der Waals surface area contributed by atoms with Crippen molar-refractivity contribution in [1.82, 2.24) is 0 Å². The molecule has 6 heteroatoms. The van der Waals surface area contributed by atoms with E-state index in [-0.39, 0.29) is 11.4 Å². The van der Waals surface area contributed by atoms with E-state index in [2.05, 4.69) is 0 Å². The van der Waals surface area contributed by atoms with Crippen LogP contribution in [0.25, 0.3) is 0 Å². The van der Waals surface area contributed by atoms with Gasteiger partial charge in [-0.15, -0.1) is 0 Å². The molecule has 14 heavy (non-hydrogen) atoms. The Kier molecular flexibility index (Phi) is 3.73. The standard InChI is InChI=1S/C8H9NO4S/c10-9(11)8-3-1-7(2-4-8)5-6-14(12)13/h1-4H,5-6H2,(H,12,13)/p-1. The molecule has 1 aromatic carbocycles. The van der Waals surface area contributed by atoms with Crippen molar-refractivity contribution in [2.24, 2.45) is 0 Å². The summed E-state index contributed by atoms with van der Waals surface area (Å²) in [4.78, 5) is 9.79. The maximum absolute atomic E-state index is 10.3. The third-order valence-electron chi connectivity index (χ3n) is 1.70. The van der Waals surface area contributed by atoms with E-state index < -0.39 is 16.0 Å². The van der Waals surface area contributed by atoms with Gasteiger partial charge in [0.2, 0.25) is 0 Å². The molecule has 5 nitrogen and oxygen atoms in total. The van der Waals surface area contributed by atoms with Crippen LogP contribution in [0.15, 0.2) is 24.3 Å². The third-order valence-corrected chi connectivity index (χ3v) is 2.24. The van der Waals surface area contributed by atoms with E-state index in [0.717, 1.165) is 5.56 Å². The van der Waals surface area contributed by atoms with Crippen LogP contribution >= 0.6 is 0 Å². The van der Waals surface area contributed by atoms with E-state index >= 15 is 0 Å². The van der Waals surface area contributed by atoms with Gasteiger partial charge in [0.1, 0.15) is 0 Å². The van der Waals surface area contributed by atoms with Crippen LogP contribution in [0.2, 0.25) is 0 Å². The molecule has 0 aliphatic heterocycles. The van der Waals surface area contributed by atoms with E-state index in [4.69, 9.17) is 0 Å². The van der Waals surface area contributed by atoms with Crippen molar-refractivity contribution in [2.75, 3.05) is 5.75 Å². The Bertz CT molecular complexity index is 349. The van der Waals surface area contributed by atoms with Gasteiger partial charge in [-0.3, -0.25) is 14.3 Å². The minimum atomic E-state index is -2.06. The van der Waals surface area contributed by atoms with Gasteiger partial charge >= 0.3 is 0 Å². The smallest absolute Gasteiger partial charge is 0.269 e. The number of aryl methyl sites for hydroxylation is 1. The Balaban J connectivity index is 2.64. The van der Waals surface area contributed by atoms with Crippen LogP contribution < -0.4 is 0 Å². The zero-order chi connectivity index (χ0) is 10.6. The lowest BCUT2D eigenvalue weighted by atomic mass is 10.1. The van der Waals surface area contributed by atoms with E-state index in [1.165, 1.54) is 12.1 Å². The van der Waals surface area contributed by atoms with Crippen LogP contribution in [0.3, 0.4) is 0 Å². The number of nitrogens with zero attached hydrogens (tertiary/aromatic N) is 1. The fourth-order valence-corrected chi connectivity index (χ4v) is 1.39. The summed E-state index contributed by atoms with van der Waals surface area (Å²) in [5.74, 6) is 0.0395. The van der Waals surface area contributed by atoms with Crippen LogP contribution in [0.5, 0.6) is 0 Å². The summed E-state index contributed by atoms with van der Waals surface area (Å²) in [5, 5.41) is 10.3. The fraction of sp³-hybridized carbons (Fsp3) is 0.250. The SMILES string of the molecule is O=[N+]([O-])c1ccc(CCS(=O)[O-])cc1. The lowest BCUT2D eigenvalue weighted by Crippen LogP contribution is -1.99. The van der Waals surface area contributed by atoms with E-state index in [1.807, 2.05) is 0 Å². The molecule has 0 bridgehead atoms. The highest BCUT2D eigenvalue weighted by Crippen LogP contribution is 2.12.